The van der Waals surface area contributed by atoms with E-state index in [0.717, 1.165) is 12.0 Å². The van der Waals surface area contributed by atoms with Crippen LogP contribution in [0.15, 0.2) is 0 Å². The second-order valence-electron chi connectivity index (χ2n) is 6.76. The van der Waals surface area contributed by atoms with E-state index in [4.69, 9.17) is 0 Å². The number of halogens is 1. The standard InChI is InChI=1S/C14H29N3.ClH/c1-12(2)13-9-17(8-7-16(13)4)11-14(3)5-6-15-10-14;/h12-13,15H,5-11H2,1-4H3;1H. The largest absolute Gasteiger partial charge is 0.316 e. The highest BCUT2D eigenvalue weighted by molar-refractivity contribution is 5.85. The molecule has 2 saturated heterocycles. The highest BCUT2D eigenvalue weighted by Crippen LogP contribution is 2.27. The van der Waals surface area contributed by atoms with Gasteiger partial charge in [-0.1, -0.05) is 20.8 Å². The van der Waals surface area contributed by atoms with Gasteiger partial charge in [0, 0.05) is 38.8 Å². The first kappa shape index (κ1) is 16.2. The summed E-state index contributed by atoms with van der Waals surface area (Å²) in [6.45, 7) is 14.6. The summed E-state index contributed by atoms with van der Waals surface area (Å²) in [7, 11) is 2.28. The summed E-state index contributed by atoms with van der Waals surface area (Å²) in [5, 5.41) is 3.51. The number of hydrogen-bond donors (Lipinski definition) is 1. The minimum Gasteiger partial charge on any atom is -0.316 e. The predicted molar refractivity (Wildman–Crippen MR) is 80.5 cm³/mol. The Hall–Kier alpha value is 0.170. The average molecular weight is 276 g/mol. The minimum atomic E-state index is 0. The van der Waals surface area contributed by atoms with Crippen LogP contribution in [0.25, 0.3) is 0 Å². The van der Waals surface area contributed by atoms with Gasteiger partial charge in [0.15, 0.2) is 0 Å². The van der Waals surface area contributed by atoms with Gasteiger partial charge in [-0.15, -0.1) is 12.4 Å². The van der Waals surface area contributed by atoms with Gasteiger partial charge in [-0.25, -0.2) is 0 Å². The molecule has 2 aliphatic rings. The fraction of sp³-hybridized carbons (Fsp3) is 1.00. The van der Waals surface area contributed by atoms with Crippen molar-refractivity contribution in [3.05, 3.63) is 0 Å². The van der Waals surface area contributed by atoms with Crippen molar-refractivity contribution < 1.29 is 0 Å². The van der Waals surface area contributed by atoms with E-state index < -0.39 is 0 Å². The van der Waals surface area contributed by atoms with Gasteiger partial charge in [-0.2, -0.15) is 0 Å². The van der Waals surface area contributed by atoms with Gasteiger partial charge in [-0.05, 0) is 31.3 Å². The zero-order valence-electron chi connectivity index (χ0n) is 12.4. The van der Waals surface area contributed by atoms with E-state index in [9.17, 15) is 0 Å². The Kier molecular flexibility index (Phi) is 5.91. The lowest BCUT2D eigenvalue weighted by atomic mass is 9.88. The van der Waals surface area contributed by atoms with Crippen molar-refractivity contribution in [1.29, 1.82) is 0 Å². The van der Waals surface area contributed by atoms with Gasteiger partial charge in [0.05, 0.1) is 0 Å². The molecule has 0 aromatic heterocycles. The van der Waals surface area contributed by atoms with E-state index in [-0.39, 0.29) is 12.4 Å². The first-order valence-electron chi connectivity index (χ1n) is 7.13. The third kappa shape index (κ3) is 3.83. The minimum absolute atomic E-state index is 0. The van der Waals surface area contributed by atoms with Crippen LogP contribution >= 0.6 is 12.4 Å². The Balaban J connectivity index is 0.00000162. The predicted octanol–water partition coefficient (Wildman–Crippen LogP) is 1.68. The molecule has 0 amide bonds. The maximum Gasteiger partial charge on any atom is 0.0243 e. The summed E-state index contributed by atoms with van der Waals surface area (Å²) in [6.07, 6.45) is 1.34. The number of hydrogen-bond acceptors (Lipinski definition) is 3. The molecule has 2 aliphatic heterocycles. The zero-order valence-corrected chi connectivity index (χ0v) is 13.2. The highest BCUT2D eigenvalue weighted by Gasteiger charge is 2.34. The van der Waals surface area contributed by atoms with Crippen LogP contribution in [0.5, 0.6) is 0 Å². The molecule has 18 heavy (non-hydrogen) atoms. The molecule has 0 spiro atoms. The molecule has 4 heteroatoms. The Morgan fingerprint density at radius 3 is 2.61 bits per heavy atom. The van der Waals surface area contributed by atoms with Crippen LogP contribution in [0.3, 0.4) is 0 Å². The smallest absolute Gasteiger partial charge is 0.0243 e. The number of piperazine rings is 1. The van der Waals surface area contributed by atoms with Crippen LogP contribution in [0, 0.1) is 11.3 Å². The lowest BCUT2D eigenvalue weighted by Crippen LogP contribution is -2.55. The summed E-state index contributed by atoms with van der Waals surface area (Å²) in [5.41, 5.74) is 0.511. The number of rotatable bonds is 3. The molecule has 0 aliphatic carbocycles. The molecule has 2 rings (SSSR count). The van der Waals surface area contributed by atoms with E-state index in [1.165, 1.54) is 45.7 Å². The van der Waals surface area contributed by atoms with Gasteiger partial charge in [-0.3, -0.25) is 4.90 Å². The Bertz CT molecular complexity index is 251. The van der Waals surface area contributed by atoms with Gasteiger partial charge in [0.25, 0.3) is 0 Å². The summed E-state index contributed by atoms with van der Waals surface area (Å²) in [5.74, 6) is 0.761. The fourth-order valence-corrected chi connectivity index (χ4v) is 3.37. The van der Waals surface area contributed by atoms with E-state index >= 15 is 0 Å². The maximum absolute atomic E-state index is 3.51. The van der Waals surface area contributed by atoms with Crippen LogP contribution in [0.1, 0.15) is 27.2 Å². The van der Waals surface area contributed by atoms with Crippen LogP contribution in [-0.4, -0.2) is 62.2 Å². The lowest BCUT2D eigenvalue weighted by molar-refractivity contribution is 0.0479. The van der Waals surface area contributed by atoms with E-state index in [1.807, 2.05) is 0 Å². The van der Waals surface area contributed by atoms with Crippen molar-refractivity contribution in [2.75, 3.05) is 46.3 Å². The Morgan fingerprint density at radius 1 is 1.33 bits per heavy atom. The van der Waals surface area contributed by atoms with Crippen LogP contribution in [0.2, 0.25) is 0 Å². The second kappa shape index (κ2) is 6.56. The molecule has 0 radical (unpaired) electrons. The molecule has 0 bridgehead atoms. The van der Waals surface area contributed by atoms with E-state index in [0.29, 0.717) is 5.41 Å². The van der Waals surface area contributed by atoms with Crippen LogP contribution in [-0.2, 0) is 0 Å². The second-order valence-corrected chi connectivity index (χ2v) is 6.76. The molecule has 2 heterocycles. The molecule has 2 atom stereocenters. The fourth-order valence-electron chi connectivity index (χ4n) is 3.37. The summed E-state index contributed by atoms with van der Waals surface area (Å²) in [6, 6.07) is 0.738. The lowest BCUT2D eigenvalue weighted by Gasteiger charge is -2.44. The molecule has 0 aromatic carbocycles. The molecule has 1 N–H and O–H groups in total. The quantitative estimate of drug-likeness (QED) is 0.846. The van der Waals surface area contributed by atoms with Crippen LogP contribution < -0.4 is 5.32 Å². The van der Waals surface area contributed by atoms with E-state index in [1.54, 1.807) is 0 Å². The van der Waals surface area contributed by atoms with Crippen molar-refractivity contribution in [2.24, 2.45) is 11.3 Å². The molecule has 108 valence electrons. The van der Waals surface area contributed by atoms with Crippen molar-refractivity contribution in [3.63, 3.8) is 0 Å². The third-order valence-corrected chi connectivity index (χ3v) is 4.61. The normalized spacial score (nSPS) is 34.8. The topological polar surface area (TPSA) is 18.5 Å². The molecule has 0 aromatic rings. The van der Waals surface area contributed by atoms with Crippen molar-refractivity contribution >= 4 is 12.4 Å². The van der Waals surface area contributed by atoms with Gasteiger partial charge >= 0.3 is 0 Å². The summed E-state index contributed by atoms with van der Waals surface area (Å²) < 4.78 is 0. The number of nitrogens with one attached hydrogen (secondary N) is 1. The van der Waals surface area contributed by atoms with E-state index in [2.05, 4.69) is 42.9 Å². The summed E-state index contributed by atoms with van der Waals surface area (Å²) in [4.78, 5) is 5.23. The molecular formula is C14H30ClN3. The zero-order chi connectivity index (χ0) is 12.5. The number of likely N-dealkylation sites (N-methyl/N-ethyl adjacent to an activating group) is 1. The Labute approximate surface area is 119 Å². The molecule has 0 saturated carbocycles. The summed E-state index contributed by atoms with van der Waals surface area (Å²) >= 11 is 0. The third-order valence-electron chi connectivity index (χ3n) is 4.61. The maximum atomic E-state index is 3.51. The van der Waals surface area contributed by atoms with Crippen LogP contribution in [0.4, 0.5) is 0 Å². The highest BCUT2D eigenvalue weighted by atomic mass is 35.5. The van der Waals surface area contributed by atoms with Crippen molar-refractivity contribution in [2.45, 2.75) is 33.2 Å². The van der Waals surface area contributed by atoms with Crippen molar-refractivity contribution in [3.8, 4) is 0 Å². The average Bonchev–Trinajstić information content (AvgIpc) is 2.67. The van der Waals surface area contributed by atoms with Gasteiger partial charge in [0.2, 0.25) is 0 Å². The van der Waals surface area contributed by atoms with Gasteiger partial charge < -0.3 is 10.2 Å². The molecule has 2 unspecified atom stereocenters. The monoisotopic (exact) mass is 275 g/mol. The van der Waals surface area contributed by atoms with Gasteiger partial charge in [0.1, 0.15) is 0 Å². The number of nitrogens with zero attached hydrogens (tertiary/aromatic N) is 2. The SMILES string of the molecule is CC(C)C1CN(CC2(C)CCNC2)CCN1C.Cl. The first-order valence-corrected chi connectivity index (χ1v) is 7.13. The molecule has 3 nitrogen and oxygen atoms in total. The Morgan fingerprint density at radius 2 is 2.06 bits per heavy atom. The first-order chi connectivity index (χ1) is 8.00. The molecular weight excluding hydrogens is 246 g/mol. The molecule has 2 fully saturated rings. The van der Waals surface area contributed by atoms with Crippen molar-refractivity contribution in [1.82, 2.24) is 15.1 Å².